The molecule has 1 aliphatic rings. The number of carbonyl (C=O) groups is 1. The van der Waals surface area contributed by atoms with E-state index in [1.54, 1.807) is 6.92 Å². The lowest BCUT2D eigenvalue weighted by Crippen LogP contribution is -2.47. The number of hydrogen-bond donors (Lipinski definition) is 0. The highest BCUT2D eigenvalue weighted by atomic mass is 16.6. The molecule has 1 rings (SSSR count). The van der Waals surface area contributed by atoms with E-state index in [4.69, 9.17) is 9.47 Å². The molecule has 3 heteroatoms. The Kier molecular flexibility index (Phi) is 1.94. The Morgan fingerprint density at radius 1 is 1.70 bits per heavy atom. The first-order valence-corrected chi connectivity index (χ1v) is 3.44. The maximum absolute atomic E-state index is 11.0. The van der Waals surface area contributed by atoms with Crippen LogP contribution in [-0.4, -0.2) is 25.8 Å². The highest BCUT2D eigenvalue weighted by molar-refractivity contribution is 5.77. The normalized spacial score (nSPS) is 21.4. The molecule has 0 aliphatic carbocycles. The van der Waals surface area contributed by atoms with Crippen LogP contribution in [-0.2, 0) is 14.3 Å². The zero-order valence-corrected chi connectivity index (χ0v) is 6.35. The first-order chi connectivity index (χ1) is 4.69. The lowest BCUT2D eigenvalue weighted by Gasteiger charge is -2.34. The van der Waals surface area contributed by atoms with Crippen molar-refractivity contribution in [3.05, 3.63) is 0 Å². The van der Waals surface area contributed by atoms with Crippen molar-refractivity contribution in [2.75, 3.05) is 19.8 Å². The number of esters is 1. The van der Waals surface area contributed by atoms with Crippen LogP contribution in [0.4, 0.5) is 0 Å². The average Bonchev–Trinajstić information content (AvgIpc) is 1.83. The Bertz CT molecular complexity index is 138. The van der Waals surface area contributed by atoms with Crippen molar-refractivity contribution in [3.8, 4) is 0 Å². The predicted octanol–water partition coefficient (Wildman–Crippen LogP) is 0.586. The Morgan fingerprint density at radius 3 is 2.60 bits per heavy atom. The van der Waals surface area contributed by atoms with Gasteiger partial charge in [0.1, 0.15) is 5.41 Å². The largest absolute Gasteiger partial charge is 0.465 e. The van der Waals surface area contributed by atoms with Crippen molar-refractivity contribution in [1.82, 2.24) is 0 Å². The molecule has 10 heavy (non-hydrogen) atoms. The monoisotopic (exact) mass is 144 g/mol. The number of rotatable bonds is 2. The molecule has 0 aromatic heterocycles. The molecule has 0 amide bonds. The second-order valence-electron chi connectivity index (χ2n) is 2.77. The zero-order chi connectivity index (χ0) is 7.61. The summed E-state index contributed by atoms with van der Waals surface area (Å²) in [6, 6.07) is 0. The minimum atomic E-state index is -0.351. The minimum Gasteiger partial charge on any atom is -0.465 e. The van der Waals surface area contributed by atoms with Gasteiger partial charge >= 0.3 is 5.97 Å². The predicted molar refractivity (Wildman–Crippen MR) is 35.6 cm³/mol. The second kappa shape index (κ2) is 2.58. The number of hydrogen-bond acceptors (Lipinski definition) is 3. The molecule has 0 spiro atoms. The van der Waals surface area contributed by atoms with Gasteiger partial charge in [-0.05, 0) is 13.8 Å². The first kappa shape index (κ1) is 7.54. The van der Waals surface area contributed by atoms with Crippen LogP contribution in [0.5, 0.6) is 0 Å². The van der Waals surface area contributed by atoms with Gasteiger partial charge in [0.05, 0.1) is 19.8 Å². The summed E-state index contributed by atoms with van der Waals surface area (Å²) in [5.74, 6) is -0.138. The van der Waals surface area contributed by atoms with E-state index in [1.807, 2.05) is 6.92 Å². The van der Waals surface area contributed by atoms with Crippen LogP contribution in [0.25, 0.3) is 0 Å². The lowest BCUT2D eigenvalue weighted by atomic mass is 9.89. The van der Waals surface area contributed by atoms with E-state index in [2.05, 4.69) is 0 Å². The van der Waals surface area contributed by atoms with Crippen LogP contribution in [0, 0.1) is 5.41 Å². The molecule has 1 aliphatic heterocycles. The fraction of sp³-hybridized carbons (Fsp3) is 0.857. The molecule has 1 fully saturated rings. The molecule has 3 nitrogen and oxygen atoms in total. The third kappa shape index (κ3) is 1.14. The third-order valence-electron chi connectivity index (χ3n) is 1.61. The summed E-state index contributed by atoms with van der Waals surface area (Å²) in [4.78, 5) is 11.0. The zero-order valence-electron chi connectivity index (χ0n) is 6.35. The Morgan fingerprint density at radius 2 is 2.30 bits per heavy atom. The molecule has 0 bridgehead atoms. The molecule has 0 radical (unpaired) electrons. The molecule has 1 saturated heterocycles. The fourth-order valence-electron chi connectivity index (χ4n) is 0.831. The van der Waals surface area contributed by atoms with Gasteiger partial charge in [0.2, 0.25) is 0 Å². The van der Waals surface area contributed by atoms with Gasteiger partial charge in [-0.3, -0.25) is 4.79 Å². The summed E-state index contributed by atoms with van der Waals surface area (Å²) >= 11 is 0. The van der Waals surface area contributed by atoms with E-state index in [1.165, 1.54) is 0 Å². The highest BCUT2D eigenvalue weighted by Crippen LogP contribution is 2.27. The summed E-state index contributed by atoms with van der Waals surface area (Å²) in [6.45, 7) is 5.13. The van der Waals surface area contributed by atoms with Crippen LogP contribution in [0.2, 0.25) is 0 Å². The van der Waals surface area contributed by atoms with E-state index in [0.717, 1.165) is 0 Å². The average molecular weight is 144 g/mol. The van der Waals surface area contributed by atoms with Gasteiger partial charge < -0.3 is 9.47 Å². The van der Waals surface area contributed by atoms with Gasteiger partial charge in [0.25, 0.3) is 0 Å². The molecule has 0 saturated carbocycles. The number of ether oxygens (including phenoxy) is 2. The van der Waals surface area contributed by atoms with E-state index in [0.29, 0.717) is 19.8 Å². The molecule has 0 N–H and O–H groups in total. The minimum absolute atomic E-state index is 0.138. The molecule has 0 atom stereocenters. The maximum atomic E-state index is 11.0. The topological polar surface area (TPSA) is 35.5 Å². The van der Waals surface area contributed by atoms with E-state index in [-0.39, 0.29) is 11.4 Å². The maximum Gasteiger partial charge on any atom is 0.316 e. The molecule has 1 heterocycles. The highest BCUT2D eigenvalue weighted by Gasteiger charge is 2.42. The third-order valence-corrected chi connectivity index (χ3v) is 1.61. The van der Waals surface area contributed by atoms with Crippen molar-refractivity contribution in [2.45, 2.75) is 13.8 Å². The van der Waals surface area contributed by atoms with E-state index < -0.39 is 0 Å². The van der Waals surface area contributed by atoms with Crippen LogP contribution in [0.15, 0.2) is 0 Å². The van der Waals surface area contributed by atoms with Crippen molar-refractivity contribution in [1.29, 1.82) is 0 Å². The molecular formula is C7H12O3. The lowest BCUT2D eigenvalue weighted by molar-refractivity contribution is -0.181. The van der Waals surface area contributed by atoms with Crippen molar-refractivity contribution in [2.24, 2.45) is 5.41 Å². The summed E-state index contributed by atoms with van der Waals surface area (Å²) in [5, 5.41) is 0. The molecular weight excluding hydrogens is 132 g/mol. The van der Waals surface area contributed by atoms with E-state index >= 15 is 0 Å². The van der Waals surface area contributed by atoms with Gasteiger partial charge in [-0.1, -0.05) is 0 Å². The smallest absolute Gasteiger partial charge is 0.316 e. The Hall–Kier alpha value is -0.570. The Balaban J connectivity index is 2.39. The van der Waals surface area contributed by atoms with Gasteiger partial charge in [0, 0.05) is 0 Å². The molecule has 0 aromatic rings. The van der Waals surface area contributed by atoms with Crippen molar-refractivity contribution >= 4 is 5.97 Å². The van der Waals surface area contributed by atoms with Crippen LogP contribution < -0.4 is 0 Å². The van der Waals surface area contributed by atoms with Gasteiger partial charge in [-0.2, -0.15) is 0 Å². The molecule has 0 unspecified atom stereocenters. The second-order valence-corrected chi connectivity index (χ2v) is 2.77. The SMILES string of the molecule is CCOC(=O)C1(C)COC1. The summed E-state index contributed by atoms with van der Waals surface area (Å²) in [7, 11) is 0. The van der Waals surface area contributed by atoms with Crippen molar-refractivity contribution in [3.63, 3.8) is 0 Å². The van der Waals surface area contributed by atoms with Crippen LogP contribution >= 0.6 is 0 Å². The van der Waals surface area contributed by atoms with Crippen molar-refractivity contribution < 1.29 is 14.3 Å². The molecule has 0 aromatic carbocycles. The first-order valence-electron chi connectivity index (χ1n) is 3.44. The Labute approximate surface area is 60.3 Å². The molecule has 58 valence electrons. The number of carbonyl (C=O) groups excluding carboxylic acids is 1. The van der Waals surface area contributed by atoms with Crippen LogP contribution in [0.1, 0.15) is 13.8 Å². The van der Waals surface area contributed by atoms with E-state index in [9.17, 15) is 4.79 Å². The summed E-state index contributed by atoms with van der Waals surface area (Å²) in [5.41, 5.74) is -0.351. The quantitative estimate of drug-likeness (QED) is 0.532. The summed E-state index contributed by atoms with van der Waals surface area (Å²) < 4.78 is 9.73. The summed E-state index contributed by atoms with van der Waals surface area (Å²) in [6.07, 6.45) is 0. The van der Waals surface area contributed by atoms with Gasteiger partial charge in [-0.15, -0.1) is 0 Å². The van der Waals surface area contributed by atoms with Gasteiger partial charge in [0.15, 0.2) is 0 Å². The standard InChI is InChI=1S/C7H12O3/c1-3-10-6(8)7(2)4-9-5-7/h3-5H2,1-2H3. The van der Waals surface area contributed by atoms with Gasteiger partial charge in [-0.25, -0.2) is 0 Å². The fourth-order valence-corrected chi connectivity index (χ4v) is 0.831. The van der Waals surface area contributed by atoms with Crippen LogP contribution in [0.3, 0.4) is 0 Å².